The second-order valence-corrected chi connectivity index (χ2v) is 11.2. The SMILES string of the molecule is CC(C)c1cc(Oc2c(Br)cc3c(c2Br)CCC3CC(=O)O)ccc1OCc1noc(-c2ccccc2)n1. The molecule has 7 nitrogen and oxygen atoms in total. The minimum Gasteiger partial charge on any atom is -0.485 e. The summed E-state index contributed by atoms with van der Waals surface area (Å²) in [7, 11) is 0. The Labute approximate surface area is 237 Å². The maximum Gasteiger partial charge on any atom is 0.303 e. The molecule has 0 aliphatic heterocycles. The quantitative estimate of drug-likeness (QED) is 0.197. The number of halogens is 2. The lowest BCUT2D eigenvalue weighted by molar-refractivity contribution is -0.137. The summed E-state index contributed by atoms with van der Waals surface area (Å²) in [5.74, 6) is 2.40. The maximum atomic E-state index is 11.3. The molecule has 0 saturated heterocycles. The fourth-order valence-corrected chi connectivity index (χ4v) is 6.22. The van der Waals surface area contributed by atoms with Crippen molar-refractivity contribution in [1.29, 1.82) is 0 Å². The molecule has 0 radical (unpaired) electrons. The smallest absolute Gasteiger partial charge is 0.303 e. The number of hydrogen-bond donors (Lipinski definition) is 1. The summed E-state index contributed by atoms with van der Waals surface area (Å²) >= 11 is 7.35. The molecule has 1 atom stereocenters. The Morgan fingerprint density at radius 3 is 2.68 bits per heavy atom. The molecule has 1 N–H and O–H groups in total. The summed E-state index contributed by atoms with van der Waals surface area (Å²) in [5.41, 5.74) is 4.01. The lowest BCUT2D eigenvalue weighted by Gasteiger charge is -2.18. The van der Waals surface area contributed by atoms with Crippen LogP contribution >= 0.6 is 31.9 Å². The van der Waals surface area contributed by atoms with E-state index in [1.54, 1.807) is 0 Å². The Morgan fingerprint density at radius 1 is 1.16 bits per heavy atom. The first-order valence-corrected chi connectivity index (χ1v) is 13.9. The first-order valence-electron chi connectivity index (χ1n) is 12.3. The first-order chi connectivity index (χ1) is 18.3. The average molecular weight is 642 g/mol. The number of carboxylic acid groups (broad SMARTS) is 1. The molecular formula is C29H26Br2N2O5. The van der Waals surface area contributed by atoms with Crippen LogP contribution in [-0.4, -0.2) is 21.2 Å². The molecule has 0 bridgehead atoms. The fourth-order valence-electron chi connectivity index (χ4n) is 4.71. The second kappa shape index (κ2) is 11.3. The van der Waals surface area contributed by atoms with Gasteiger partial charge in [-0.3, -0.25) is 4.79 Å². The predicted molar refractivity (Wildman–Crippen MR) is 150 cm³/mol. The molecule has 38 heavy (non-hydrogen) atoms. The number of hydrogen-bond acceptors (Lipinski definition) is 6. The van der Waals surface area contributed by atoms with Crippen molar-refractivity contribution in [2.45, 2.75) is 51.6 Å². The highest BCUT2D eigenvalue weighted by Gasteiger charge is 2.29. The molecule has 0 fully saturated rings. The number of carbonyl (C=O) groups is 1. The normalized spacial score (nSPS) is 14.5. The van der Waals surface area contributed by atoms with Gasteiger partial charge in [0.1, 0.15) is 11.5 Å². The summed E-state index contributed by atoms with van der Waals surface area (Å²) < 4.78 is 19.4. The third-order valence-electron chi connectivity index (χ3n) is 6.58. The molecule has 1 aromatic heterocycles. The van der Waals surface area contributed by atoms with Crippen molar-refractivity contribution in [3.05, 3.63) is 86.1 Å². The van der Waals surface area contributed by atoms with Gasteiger partial charge >= 0.3 is 5.97 Å². The number of ether oxygens (including phenoxy) is 2. The summed E-state index contributed by atoms with van der Waals surface area (Å²) in [6.07, 6.45) is 1.75. The second-order valence-electron chi connectivity index (χ2n) is 9.53. The van der Waals surface area contributed by atoms with Crippen molar-refractivity contribution in [2.24, 2.45) is 0 Å². The highest BCUT2D eigenvalue weighted by atomic mass is 79.9. The van der Waals surface area contributed by atoms with Gasteiger partial charge in [0.2, 0.25) is 5.82 Å². The van der Waals surface area contributed by atoms with Gasteiger partial charge in [-0.2, -0.15) is 4.98 Å². The number of fused-ring (bicyclic) bond motifs is 1. The predicted octanol–water partition coefficient (Wildman–Crippen LogP) is 8.26. The van der Waals surface area contributed by atoms with E-state index in [-0.39, 0.29) is 24.9 Å². The standard InChI is InChI=1S/C29H26Br2N2O5/c1-16(2)21-13-19(37-28-23(30)14-22-18(12-26(34)35)8-10-20(22)27(28)31)9-11-24(21)36-15-25-32-29(38-33-25)17-6-4-3-5-7-17/h3-7,9,11,13-14,16,18H,8,10,12,15H2,1-2H3,(H,34,35). The lowest BCUT2D eigenvalue weighted by atomic mass is 9.98. The Kier molecular flexibility index (Phi) is 7.85. The molecule has 5 rings (SSSR count). The van der Waals surface area contributed by atoms with Gasteiger partial charge in [0.25, 0.3) is 5.89 Å². The van der Waals surface area contributed by atoms with Crippen LogP contribution in [0.25, 0.3) is 11.5 Å². The largest absolute Gasteiger partial charge is 0.485 e. The van der Waals surface area contributed by atoms with Crippen LogP contribution in [0, 0.1) is 0 Å². The minimum absolute atomic E-state index is 0.0103. The summed E-state index contributed by atoms with van der Waals surface area (Å²) in [5, 5.41) is 13.3. The third-order valence-corrected chi connectivity index (χ3v) is 8.01. The van der Waals surface area contributed by atoms with Gasteiger partial charge in [-0.05, 0) is 104 Å². The molecule has 0 amide bonds. The van der Waals surface area contributed by atoms with E-state index in [1.165, 1.54) is 0 Å². The van der Waals surface area contributed by atoms with E-state index >= 15 is 0 Å². The number of carboxylic acids is 1. The number of aromatic nitrogens is 2. The van der Waals surface area contributed by atoms with Crippen LogP contribution in [0.2, 0.25) is 0 Å². The zero-order valence-electron chi connectivity index (χ0n) is 20.9. The van der Waals surface area contributed by atoms with E-state index in [2.05, 4.69) is 55.8 Å². The molecule has 0 spiro atoms. The first kappa shape index (κ1) is 26.4. The van der Waals surface area contributed by atoms with Crippen molar-refractivity contribution in [2.75, 3.05) is 0 Å². The maximum absolute atomic E-state index is 11.3. The van der Waals surface area contributed by atoms with Gasteiger partial charge in [0.05, 0.1) is 15.4 Å². The monoisotopic (exact) mass is 640 g/mol. The Bertz CT molecular complexity index is 1470. The van der Waals surface area contributed by atoms with E-state index in [9.17, 15) is 9.90 Å². The van der Waals surface area contributed by atoms with E-state index in [0.29, 0.717) is 23.2 Å². The molecular weight excluding hydrogens is 616 g/mol. The third kappa shape index (κ3) is 5.63. The van der Waals surface area contributed by atoms with Gasteiger partial charge in [-0.1, -0.05) is 37.2 Å². The van der Waals surface area contributed by atoms with Crippen LogP contribution < -0.4 is 9.47 Å². The van der Waals surface area contributed by atoms with Gasteiger partial charge < -0.3 is 19.1 Å². The van der Waals surface area contributed by atoms with Crippen LogP contribution in [0.5, 0.6) is 17.2 Å². The zero-order chi connectivity index (χ0) is 26.8. The molecule has 1 aliphatic carbocycles. The summed E-state index contributed by atoms with van der Waals surface area (Å²) in [6.45, 7) is 4.37. The van der Waals surface area contributed by atoms with Gasteiger partial charge in [0, 0.05) is 11.1 Å². The molecule has 1 aliphatic rings. The Balaban J connectivity index is 1.33. The highest BCUT2D eigenvalue weighted by molar-refractivity contribution is 9.11. The Morgan fingerprint density at radius 2 is 1.95 bits per heavy atom. The van der Waals surface area contributed by atoms with Gasteiger partial charge in [-0.25, -0.2) is 0 Å². The fraction of sp³-hybridized carbons (Fsp3) is 0.276. The van der Waals surface area contributed by atoms with Crippen molar-refractivity contribution < 1.29 is 23.9 Å². The van der Waals surface area contributed by atoms with E-state index in [1.807, 2.05) is 54.6 Å². The van der Waals surface area contributed by atoms with E-state index in [4.69, 9.17) is 14.0 Å². The van der Waals surface area contributed by atoms with Crippen LogP contribution in [0.1, 0.15) is 61.0 Å². The van der Waals surface area contributed by atoms with Crippen molar-refractivity contribution in [3.8, 4) is 28.7 Å². The molecule has 3 aromatic carbocycles. The Hall–Kier alpha value is -3.17. The molecule has 4 aromatic rings. The molecule has 9 heteroatoms. The minimum atomic E-state index is -0.782. The topological polar surface area (TPSA) is 94.7 Å². The van der Waals surface area contributed by atoms with Crippen molar-refractivity contribution in [3.63, 3.8) is 0 Å². The lowest BCUT2D eigenvalue weighted by Crippen LogP contribution is -2.03. The number of aliphatic carboxylic acids is 1. The molecule has 1 unspecified atom stereocenters. The van der Waals surface area contributed by atoms with E-state index < -0.39 is 5.97 Å². The van der Waals surface area contributed by atoms with Crippen LogP contribution in [0.15, 0.2) is 68.1 Å². The highest BCUT2D eigenvalue weighted by Crippen LogP contribution is 2.48. The van der Waals surface area contributed by atoms with Crippen LogP contribution in [0.3, 0.4) is 0 Å². The molecule has 1 heterocycles. The van der Waals surface area contributed by atoms with Gasteiger partial charge in [0.15, 0.2) is 12.4 Å². The van der Waals surface area contributed by atoms with Crippen LogP contribution in [-0.2, 0) is 17.8 Å². The number of rotatable bonds is 9. The number of nitrogens with zero attached hydrogens (tertiary/aromatic N) is 2. The van der Waals surface area contributed by atoms with Crippen molar-refractivity contribution in [1.82, 2.24) is 10.1 Å². The van der Waals surface area contributed by atoms with Gasteiger partial charge in [-0.15, -0.1) is 0 Å². The number of benzene rings is 3. The molecule has 196 valence electrons. The van der Waals surface area contributed by atoms with E-state index in [0.717, 1.165) is 49.8 Å². The van der Waals surface area contributed by atoms with Crippen molar-refractivity contribution >= 4 is 37.8 Å². The zero-order valence-corrected chi connectivity index (χ0v) is 24.1. The summed E-state index contributed by atoms with van der Waals surface area (Å²) in [4.78, 5) is 15.7. The summed E-state index contributed by atoms with van der Waals surface area (Å²) in [6, 6.07) is 17.3. The van der Waals surface area contributed by atoms with Crippen LogP contribution in [0.4, 0.5) is 0 Å². The molecule has 0 saturated carbocycles. The average Bonchev–Trinajstić information content (AvgIpc) is 3.53.